The van der Waals surface area contributed by atoms with Gasteiger partial charge in [0.1, 0.15) is 5.78 Å². The number of rotatable bonds is 11. The van der Waals surface area contributed by atoms with Crippen LogP contribution in [0, 0.1) is 11.8 Å². The number of allylic oxidation sites excluding steroid dienone is 1. The fraction of sp³-hybridized carbons (Fsp3) is 0.650. The molecule has 2 rings (SSSR count). The second-order valence-corrected chi connectivity index (χ2v) is 10.0. The molecule has 0 saturated heterocycles. The van der Waals surface area contributed by atoms with Crippen LogP contribution in [0.1, 0.15) is 62.4 Å². The van der Waals surface area contributed by atoms with Crippen LogP contribution in [0.4, 0.5) is 13.2 Å². The van der Waals surface area contributed by atoms with Gasteiger partial charge in [0.25, 0.3) is 0 Å². The van der Waals surface area contributed by atoms with Crippen molar-refractivity contribution in [3.63, 3.8) is 0 Å². The fourth-order valence-corrected chi connectivity index (χ4v) is 5.40. The molecule has 0 bridgehead atoms. The lowest BCUT2D eigenvalue weighted by atomic mass is 9.90. The van der Waals surface area contributed by atoms with Gasteiger partial charge in [-0.15, -0.1) is 11.3 Å². The number of aliphatic hydroxyl groups is 1. The van der Waals surface area contributed by atoms with Crippen LogP contribution in [0.25, 0.3) is 0 Å². The molecule has 0 radical (unpaired) electrons. The first-order valence-electron chi connectivity index (χ1n) is 9.77. The number of Topliss-reactive ketones (excluding diaryl/α,β-unsaturated/α-hetero) is 1. The molecule has 0 spiro atoms. The SMILES string of the molecule is CC(O)(CC=CC1CCC(=O)C1CCSc1nc(C(=O)O)cs1)CCCC(F)(F)F. The zero-order chi connectivity index (χ0) is 22.4. The normalized spacial score (nSPS) is 22.0. The summed E-state index contributed by atoms with van der Waals surface area (Å²) in [4.78, 5) is 27.1. The number of thiazole rings is 1. The summed E-state index contributed by atoms with van der Waals surface area (Å²) in [5.74, 6) is -0.323. The summed E-state index contributed by atoms with van der Waals surface area (Å²) < 4.78 is 37.4. The van der Waals surface area contributed by atoms with E-state index in [9.17, 15) is 27.9 Å². The Bertz CT molecular complexity index is 761. The van der Waals surface area contributed by atoms with Gasteiger partial charge in [-0.1, -0.05) is 23.9 Å². The number of carbonyl (C=O) groups excluding carboxylic acids is 1. The summed E-state index contributed by atoms with van der Waals surface area (Å²) >= 11 is 2.68. The minimum absolute atomic E-state index is 0.0162. The van der Waals surface area contributed by atoms with E-state index in [-0.39, 0.29) is 42.6 Å². The van der Waals surface area contributed by atoms with Crippen LogP contribution in [0.15, 0.2) is 21.9 Å². The van der Waals surface area contributed by atoms with Crippen LogP contribution in [0.2, 0.25) is 0 Å². The number of thioether (sulfide) groups is 1. The number of aromatic carboxylic acids is 1. The zero-order valence-corrected chi connectivity index (χ0v) is 18.3. The first-order valence-corrected chi connectivity index (χ1v) is 11.6. The molecule has 1 saturated carbocycles. The molecule has 2 N–H and O–H groups in total. The van der Waals surface area contributed by atoms with Gasteiger partial charge in [0.05, 0.1) is 5.60 Å². The van der Waals surface area contributed by atoms with Gasteiger partial charge in [-0.2, -0.15) is 13.2 Å². The largest absolute Gasteiger partial charge is 0.476 e. The topological polar surface area (TPSA) is 87.5 Å². The van der Waals surface area contributed by atoms with E-state index in [1.54, 1.807) is 6.08 Å². The molecule has 3 unspecified atom stereocenters. The van der Waals surface area contributed by atoms with Crippen LogP contribution >= 0.6 is 23.1 Å². The van der Waals surface area contributed by atoms with Crippen molar-refractivity contribution in [1.29, 1.82) is 0 Å². The van der Waals surface area contributed by atoms with E-state index < -0.39 is 24.2 Å². The zero-order valence-electron chi connectivity index (χ0n) is 16.7. The molecule has 5 nitrogen and oxygen atoms in total. The summed E-state index contributed by atoms with van der Waals surface area (Å²) in [6, 6.07) is 0. The lowest BCUT2D eigenvalue weighted by Crippen LogP contribution is -2.24. The van der Waals surface area contributed by atoms with Crippen LogP contribution in [0.5, 0.6) is 0 Å². The van der Waals surface area contributed by atoms with Crippen molar-refractivity contribution in [3.8, 4) is 0 Å². The van der Waals surface area contributed by atoms with Gasteiger partial charge in [-0.25, -0.2) is 9.78 Å². The quantitative estimate of drug-likeness (QED) is 0.338. The number of aromatic nitrogens is 1. The average Bonchev–Trinajstić information content (AvgIpc) is 3.22. The standard InChI is InChI=1S/C20H26F3NO4S2/c1-19(28,9-3-10-20(21,22)23)8-2-4-13-5-6-16(25)14(13)7-11-29-18-24-15(12-30-18)17(26)27/h2,4,12-14,28H,3,5-11H2,1H3,(H,26,27). The number of hydrogen-bond donors (Lipinski definition) is 2. The number of halogens is 3. The molecule has 10 heteroatoms. The Morgan fingerprint density at radius 3 is 2.77 bits per heavy atom. The van der Waals surface area contributed by atoms with Gasteiger partial charge in [0, 0.05) is 29.9 Å². The minimum atomic E-state index is -4.21. The van der Waals surface area contributed by atoms with Crippen molar-refractivity contribution in [2.45, 2.75) is 68.0 Å². The van der Waals surface area contributed by atoms with E-state index in [4.69, 9.17) is 5.11 Å². The average molecular weight is 466 g/mol. The minimum Gasteiger partial charge on any atom is -0.476 e. The molecule has 0 aromatic carbocycles. The van der Waals surface area contributed by atoms with Crippen molar-refractivity contribution in [2.24, 2.45) is 11.8 Å². The highest BCUT2D eigenvalue weighted by atomic mass is 32.2. The smallest absolute Gasteiger partial charge is 0.389 e. The first-order chi connectivity index (χ1) is 14.0. The molecule has 3 atom stereocenters. The van der Waals surface area contributed by atoms with E-state index in [0.717, 1.165) is 6.42 Å². The Balaban J connectivity index is 1.79. The highest BCUT2D eigenvalue weighted by molar-refractivity contribution is 8.01. The van der Waals surface area contributed by atoms with Crippen molar-refractivity contribution < 1.29 is 33.0 Å². The summed E-state index contributed by atoms with van der Waals surface area (Å²) in [6.07, 6.45) is 0.608. The highest BCUT2D eigenvalue weighted by Gasteiger charge is 2.33. The van der Waals surface area contributed by atoms with Crippen molar-refractivity contribution in [1.82, 2.24) is 4.98 Å². The molecule has 1 aliphatic rings. The van der Waals surface area contributed by atoms with Crippen LogP contribution < -0.4 is 0 Å². The third-order valence-corrected chi connectivity index (χ3v) is 7.18. The number of ketones is 1. The Kier molecular flexibility index (Phi) is 8.93. The van der Waals surface area contributed by atoms with Gasteiger partial charge in [-0.3, -0.25) is 4.79 Å². The molecule has 0 aliphatic heterocycles. The number of carbonyl (C=O) groups is 2. The lowest BCUT2D eigenvalue weighted by molar-refractivity contribution is -0.137. The maximum atomic E-state index is 12.3. The fourth-order valence-electron chi connectivity index (χ4n) is 3.50. The van der Waals surface area contributed by atoms with Gasteiger partial charge in [-0.05, 0) is 44.9 Å². The molecule has 1 aliphatic carbocycles. The number of carboxylic acid groups (broad SMARTS) is 1. The molecule has 168 valence electrons. The molecule has 1 aromatic heterocycles. The Morgan fingerprint density at radius 1 is 1.40 bits per heavy atom. The van der Waals surface area contributed by atoms with E-state index in [1.807, 2.05) is 6.08 Å². The summed E-state index contributed by atoms with van der Waals surface area (Å²) in [5, 5.41) is 20.7. The van der Waals surface area contributed by atoms with Gasteiger partial charge in [0.2, 0.25) is 0 Å². The van der Waals surface area contributed by atoms with Crippen LogP contribution in [0.3, 0.4) is 0 Å². The van der Waals surface area contributed by atoms with Gasteiger partial charge < -0.3 is 10.2 Å². The monoisotopic (exact) mass is 465 g/mol. The van der Waals surface area contributed by atoms with E-state index in [2.05, 4.69) is 4.98 Å². The van der Waals surface area contributed by atoms with E-state index >= 15 is 0 Å². The number of carboxylic acids is 1. The van der Waals surface area contributed by atoms with Crippen molar-refractivity contribution in [2.75, 3.05) is 5.75 Å². The van der Waals surface area contributed by atoms with Crippen LogP contribution in [-0.4, -0.2) is 44.5 Å². The van der Waals surface area contributed by atoms with Crippen molar-refractivity contribution >= 4 is 34.9 Å². The van der Waals surface area contributed by atoms with Gasteiger partial charge in [0.15, 0.2) is 10.0 Å². The molecule has 0 amide bonds. The van der Waals surface area contributed by atoms with E-state index in [1.165, 1.54) is 35.4 Å². The summed E-state index contributed by atoms with van der Waals surface area (Å²) in [7, 11) is 0. The molecule has 1 fully saturated rings. The predicted octanol–water partition coefficient (Wildman–Crippen LogP) is 5.35. The molecule has 1 aromatic rings. The third kappa shape index (κ3) is 8.39. The van der Waals surface area contributed by atoms with Crippen molar-refractivity contribution in [3.05, 3.63) is 23.2 Å². The molecule has 30 heavy (non-hydrogen) atoms. The maximum Gasteiger partial charge on any atom is 0.389 e. The molecular formula is C20H26F3NO4S2. The summed E-state index contributed by atoms with van der Waals surface area (Å²) in [5.41, 5.74) is -1.19. The van der Waals surface area contributed by atoms with E-state index in [0.29, 0.717) is 22.9 Å². The number of hydrogen-bond acceptors (Lipinski definition) is 6. The maximum absolute atomic E-state index is 12.3. The third-order valence-electron chi connectivity index (χ3n) is 5.13. The summed E-state index contributed by atoms with van der Waals surface area (Å²) in [6.45, 7) is 1.53. The molecule has 1 heterocycles. The second kappa shape index (κ2) is 10.8. The first kappa shape index (κ1) is 24.9. The molecular weight excluding hydrogens is 439 g/mol. The Hall–Kier alpha value is -1.39. The number of nitrogens with zero attached hydrogens (tertiary/aromatic N) is 1. The van der Waals surface area contributed by atoms with Gasteiger partial charge >= 0.3 is 12.1 Å². The predicted molar refractivity (Wildman–Crippen MR) is 110 cm³/mol. The Morgan fingerprint density at radius 2 is 2.13 bits per heavy atom. The lowest BCUT2D eigenvalue weighted by Gasteiger charge is -2.22. The van der Waals surface area contributed by atoms with Crippen LogP contribution in [-0.2, 0) is 4.79 Å². The second-order valence-electron chi connectivity index (χ2n) is 7.81. The highest BCUT2D eigenvalue weighted by Crippen LogP contribution is 2.35. The number of alkyl halides is 3. The Labute approximate surface area is 181 Å².